The molecule has 1 aliphatic rings. The molecule has 1 atom stereocenters. The molecule has 1 heterocycles. The van der Waals surface area contributed by atoms with Crippen molar-refractivity contribution in [3.05, 3.63) is 0 Å². The molecule has 6 nitrogen and oxygen atoms in total. The maximum absolute atomic E-state index is 12.3. The van der Waals surface area contributed by atoms with Crippen LogP contribution in [-0.2, 0) is 19.6 Å². The van der Waals surface area contributed by atoms with Crippen molar-refractivity contribution in [1.29, 1.82) is 0 Å². The number of alkyl halides is 3. The summed E-state index contributed by atoms with van der Waals surface area (Å²) < 4.78 is 58.2. The molecular formula is C8H10F3NO5S. The Bertz CT molecular complexity index is 495. The monoisotopic (exact) mass is 289 g/mol. The Kier molecular flexibility index (Phi) is 3.14. The second kappa shape index (κ2) is 3.84. The zero-order valence-electron chi connectivity index (χ0n) is 9.35. The molecule has 18 heavy (non-hydrogen) atoms. The molecular weight excluding hydrogens is 279 g/mol. The maximum Gasteiger partial charge on any atom is 0.403 e. The molecule has 1 aliphatic heterocycles. The number of carbonyl (C=O) groups is 2. The van der Waals surface area contributed by atoms with Crippen LogP contribution in [0.3, 0.4) is 0 Å². The average molecular weight is 289 g/mol. The first-order valence-electron chi connectivity index (χ1n) is 4.69. The van der Waals surface area contributed by atoms with Crippen molar-refractivity contribution in [1.82, 2.24) is 4.31 Å². The Hall–Kier alpha value is -1.32. The third kappa shape index (κ3) is 1.93. The van der Waals surface area contributed by atoms with Gasteiger partial charge >= 0.3 is 12.1 Å². The minimum atomic E-state index is -5.12. The van der Waals surface area contributed by atoms with E-state index < -0.39 is 45.3 Å². The molecule has 10 heteroatoms. The van der Waals surface area contributed by atoms with Crippen molar-refractivity contribution in [2.75, 3.05) is 6.54 Å². The topological polar surface area (TPSA) is 91.8 Å². The van der Waals surface area contributed by atoms with E-state index in [9.17, 15) is 31.2 Å². The molecule has 0 bridgehead atoms. The third-order valence-corrected chi connectivity index (χ3v) is 5.08. The fourth-order valence-corrected chi connectivity index (χ4v) is 2.97. The van der Waals surface area contributed by atoms with Crippen molar-refractivity contribution in [3.63, 3.8) is 0 Å². The van der Waals surface area contributed by atoms with Crippen LogP contribution in [0.5, 0.6) is 0 Å². The van der Waals surface area contributed by atoms with E-state index >= 15 is 0 Å². The summed E-state index contributed by atoms with van der Waals surface area (Å²) >= 11 is 0. The van der Waals surface area contributed by atoms with Crippen LogP contribution in [0.4, 0.5) is 13.2 Å². The molecule has 1 rings (SSSR count). The molecule has 1 N–H and O–H groups in total. The number of hydrogen-bond donors (Lipinski definition) is 1. The van der Waals surface area contributed by atoms with E-state index in [0.717, 1.165) is 13.8 Å². The highest BCUT2D eigenvalue weighted by atomic mass is 32.2. The minimum absolute atomic E-state index is 0.0424. The first kappa shape index (κ1) is 14.7. The third-order valence-electron chi connectivity index (χ3n) is 2.72. The Morgan fingerprint density at radius 3 is 2.17 bits per heavy atom. The van der Waals surface area contributed by atoms with E-state index in [1.165, 1.54) is 0 Å². The van der Waals surface area contributed by atoms with Gasteiger partial charge in [0.25, 0.3) is 15.9 Å². The molecule has 104 valence electrons. The van der Waals surface area contributed by atoms with Crippen LogP contribution < -0.4 is 0 Å². The van der Waals surface area contributed by atoms with Gasteiger partial charge < -0.3 is 5.11 Å². The van der Waals surface area contributed by atoms with E-state index in [1.807, 2.05) is 0 Å². The number of amides is 1. The van der Waals surface area contributed by atoms with Gasteiger partial charge in [-0.3, -0.25) is 9.59 Å². The van der Waals surface area contributed by atoms with Crippen LogP contribution in [-0.4, -0.2) is 47.2 Å². The standard InChI is InChI=1S/C8H10F3NO5S/c1-7(2)6(15)12(18(7,16)17)3-4(5(13)14)8(9,10)11/h4H,3H2,1-2H3,(H,13,14). The van der Waals surface area contributed by atoms with Crippen molar-refractivity contribution in [3.8, 4) is 0 Å². The van der Waals surface area contributed by atoms with Crippen molar-refractivity contribution in [2.24, 2.45) is 5.92 Å². The minimum Gasteiger partial charge on any atom is -0.481 e. The van der Waals surface area contributed by atoms with Gasteiger partial charge in [-0.1, -0.05) is 0 Å². The van der Waals surface area contributed by atoms with Gasteiger partial charge in [-0.25, -0.2) is 12.7 Å². The molecule has 0 saturated carbocycles. The van der Waals surface area contributed by atoms with Gasteiger partial charge in [0.2, 0.25) is 0 Å². The van der Waals surface area contributed by atoms with Crippen LogP contribution in [0.25, 0.3) is 0 Å². The summed E-state index contributed by atoms with van der Waals surface area (Å²) in [5.74, 6) is -6.19. The van der Waals surface area contributed by atoms with E-state index in [0.29, 0.717) is 0 Å². The second-order valence-electron chi connectivity index (χ2n) is 4.28. The number of sulfonamides is 1. The summed E-state index contributed by atoms with van der Waals surface area (Å²) in [6.07, 6.45) is -5.12. The molecule has 1 unspecified atom stereocenters. The Morgan fingerprint density at radius 2 is 1.89 bits per heavy atom. The van der Waals surface area contributed by atoms with Gasteiger partial charge in [-0.15, -0.1) is 0 Å². The average Bonchev–Trinajstić information content (AvgIpc) is 2.14. The number of carboxylic acids is 1. The molecule has 1 amide bonds. The zero-order valence-corrected chi connectivity index (χ0v) is 10.2. The van der Waals surface area contributed by atoms with Crippen LogP contribution in [0, 0.1) is 5.92 Å². The summed E-state index contributed by atoms with van der Waals surface area (Å²) in [6, 6.07) is 0. The van der Waals surface area contributed by atoms with Crippen molar-refractivity contribution in [2.45, 2.75) is 24.8 Å². The number of rotatable bonds is 3. The predicted molar refractivity (Wildman–Crippen MR) is 51.9 cm³/mol. The van der Waals surface area contributed by atoms with Gasteiger partial charge in [0.05, 0.1) is 6.54 Å². The Balaban J connectivity index is 3.00. The SMILES string of the molecule is CC1(C)C(=O)N(CC(C(=O)O)C(F)(F)F)S1(=O)=O. The fourth-order valence-electron chi connectivity index (χ4n) is 1.42. The van der Waals surface area contributed by atoms with Gasteiger partial charge in [0.1, 0.15) is 0 Å². The Labute approximate surface area is 100 Å². The zero-order chi connectivity index (χ0) is 14.5. The van der Waals surface area contributed by atoms with E-state index in [-0.39, 0.29) is 4.31 Å². The summed E-state index contributed by atoms with van der Waals surface area (Å²) in [7, 11) is -4.22. The lowest BCUT2D eigenvalue weighted by atomic mass is 10.1. The number of carbonyl (C=O) groups excluding carboxylic acids is 1. The molecule has 0 aromatic heterocycles. The quantitative estimate of drug-likeness (QED) is 0.801. The fraction of sp³-hybridized carbons (Fsp3) is 0.750. The molecule has 1 saturated heterocycles. The normalized spacial score (nSPS) is 23.4. The largest absolute Gasteiger partial charge is 0.481 e. The lowest BCUT2D eigenvalue weighted by Gasteiger charge is -2.43. The van der Waals surface area contributed by atoms with Crippen LogP contribution in [0.15, 0.2) is 0 Å². The van der Waals surface area contributed by atoms with Crippen LogP contribution >= 0.6 is 0 Å². The van der Waals surface area contributed by atoms with Gasteiger partial charge in [0, 0.05) is 0 Å². The summed E-state index contributed by atoms with van der Waals surface area (Å²) in [6.45, 7) is 0.665. The van der Waals surface area contributed by atoms with Gasteiger partial charge in [0.15, 0.2) is 10.7 Å². The second-order valence-corrected chi connectivity index (χ2v) is 6.70. The van der Waals surface area contributed by atoms with E-state index in [4.69, 9.17) is 5.11 Å². The van der Waals surface area contributed by atoms with Gasteiger partial charge in [-0.2, -0.15) is 13.2 Å². The first-order chi connectivity index (χ1) is 7.83. The van der Waals surface area contributed by atoms with Crippen molar-refractivity contribution < 1.29 is 36.3 Å². The molecule has 0 spiro atoms. The summed E-state index contributed by atoms with van der Waals surface area (Å²) in [5, 5.41) is 8.41. The highest BCUT2D eigenvalue weighted by molar-refractivity contribution is 7.94. The maximum atomic E-state index is 12.3. The highest BCUT2D eigenvalue weighted by Crippen LogP contribution is 2.37. The highest BCUT2D eigenvalue weighted by Gasteiger charge is 2.62. The number of carboxylic acid groups (broad SMARTS) is 1. The number of nitrogens with zero attached hydrogens (tertiary/aromatic N) is 1. The molecule has 0 aliphatic carbocycles. The number of halogens is 3. The summed E-state index contributed by atoms with van der Waals surface area (Å²) in [5.41, 5.74) is 0. The van der Waals surface area contributed by atoms with Gasteiger partial charge in [-0.05, 0) is 13.8 Å². The smallest absolute Gasteiger partial charge is 0.403 e. The molecule has 0 radical (unpaired) electrons. The Morgan fingerprint density at radius 1 is 1.44 bits per heavy atom. The van der Waals surface area contributed by atoms with E-state index in [2.05, 4.69) is 0 Å². The predicted octanol–water partition coefficient (Wildman–Crippen LogP) is 0.200. The first-order valence-corrected chi connectivity index (χ1v) is 6.13. The lowest BCUT2D eigenvalue weighted by Crippen LogP contribution is -2.68. The lowest BCUT2D eigenvalue weighted by molar-refractivity contribution is -0.195. The van der Waals surface area contributed by atoms with Crippen molar-refractivity contribution >= 4 is 21.9 Å². The van der Waals surface area contributed by atoms with Crippen LogP contribution in [0.2, 0.25) is 0 Å². The number of aliphatic carboxylic acids is 1. The molecule has 0 aromatic rings. The van der Waals surface area contributed by atoms with Crippen LogP contribution in [0.1, 0.15) is 13.8 Å². The number of hydrogen-bond acceptors (Lipinski definition) is 4. The molecule has 1 fully saturated rings. The van der Waals surface area contributed by atoms with E-state index in [1.54, 1.807) is 0 Å². The molecule has 0 aromatic carbocycles. The summed E-state index contributed by atoms with van der Waals surface area (Å²) in [4.78, 5) is 21.8.